The Morgan fingerprint density at radius 3 is 2.26 bits per heavy atom. The Labute approximate surface area is 137 Å². The Kier molecular flexibility index (Phi) is 5.21. The van der Waals surface area contributed by atoms with Crippen LogP contribution in [0.15, 0.2) is 48.5 Å². The Hall–Kier alpha value is -2.14. The number of Topliss-reactive ketones (excluding diaryl/α,β-unsaturated/α-hetero) is 1. The van der Waals surface area contributed by atoms with Crippen molar-refractivity contribution < 1.29 is 13.2 Å². The zero-order chi connectivity index (χ0) is 17.0. The molecule has 0 saturated carbocycles. The van der Waals surface area contributed by atoms with Crippen LogP contribution in [0.25, 0.3) is 0 Å². The highest BCUT2D eigenvalue weighted by Gasteiger charge is 2.21. The van der Waals surface area contributed by atoms with Gasteiger partial charge in [-0.2, -0.15) is 0 Å². The van der Waals surface area contributed by atoms with Gasteiger partial charge in [0.2, 0.25) is 10.0 Å². The fraction of sp³-hybridized carbons (Fsp3) is 0.278. The molecule has 0 amide bonds. The van der Waals surface area contributed by atoms with Crippen LogP contribution >= 0.6 is 0 Å². The number of nitrogens with zero attached hydrogens (tertiary/aromatic N) is 1. The summed E-state index contributed by atoms with van der Waals surface area (Å²) in [7, 11) is -3.41. The van der Waals surface area contributed by atoms with Gasteiger partial charge < -0.3 is 0 Å². The summed E-state index contributed by atoms with van der Waals surface area (Å²) in [6.45, 7) is 5.37. The number of anilines is 1. The number of hydrogen-bond acceptors (Lipinski definition) is 3. The second-order valence-electron chi connectivity index (χ2n) is 5.50. The van der Waals surface area contributed by atoms with Gasteiger partial charge in [-0.25, -0.2) is 8.42 Å². The summed E-state index contributed by atoms with van der Waals surface area (Å²) in [6.07, 6.45) is 0. The van der Waals surface area contributed by atoms with E-state index < -0.39 is 10.0 Å². The highest BCUT2D eigenvalue weighted by atomic mass is 32.2. The molecule has 0 aromatic heterocycles. The number of benzene rings is 2. The lowest BCUT2D eigenvalue weighted by molar-refractivity contribution is 0.101. The van der Waals surface area contributed by atoms with E-state index in [0.717, 1.165) is 11.1 Å². The summed E-state index contributed by atoms with van der Waals surface area (Å²) in [5, 5.41) is 0. The molecule has 0 fully saturated rings. The smallest absolute Gasteiger partial charge is 0.235 e. The van der Waals surface area contributed by atoms with Crippen LogP contribution in [0.5, 0.6) is 0 Å². The van der Waals surface area contributed by atoms with Crippen LogP contribution in [-0.4, -0.2) is 20.0 Å². The number of carbonyl (C=O) groups is 1. The number of rotatable bonds is 6. The van der Waals surface area contributed by atoms with Crippen LogP contribution < -0.4 is 4.31 Å². The molecule has 0 spiro atoms. The van der Waals surface area contributed by atoms with E-state index in [0.29, 0.717) is 11.3 Å². The molecule has 4 nitrogen and oxygen atoms in total. The number of hydrogen-bond donors (Lipinski definition) is 0. The molecule has 0 N–H and O–H groups in total. The molecule has 0 aliphatic rings. The number of aryl methyl sites for hydroxylation is 1. The lowest BCUT2D eigenvalue weighted by Gasteiger charge is -2.24. The second-order valence-corrected chi connectivity index (χ2v) is 7.68. The normalized spacial score (nSPS) is 11.3. The first-order chi connectivity index (χ1) is 10.8. The topological polar surface area (TPSA) is 54.5 Å². The number of sulfonamides is 1. The molecule has 0 radical (unpaired) electrons. The van der Waals surface area contributed by atoms with Crippen molar-refractivity contribution in [3.63, 3.8) is 0 Å². The fourth-order valence-corrected chi connectivity index (χ4v) is 3.45. The lowest BCUT2D eigenvalue weighted by Crippen LogP contribution is -2.31. The molecule has 0 aliphatic carbocycles. The molecule has 5 heteroatoms. The largest absolute Gasteiger partial charge is 0.295 e. The third-order valence-corrected chi connectivity index (χ3v) is 5.41. The minimum absolute atomic E-state index is 0.0211. The van der Waals surface area contributed by atoms with Gasteiger partial charge in [0, 0.05) is 5.56 Å². The van der Waals surface area contributed by atoms with Crippen LogP contribution in [-0.2, 0) is 16.6 Å². The van der Waals surface area contributed by atoms with Gasteiger partial charge in [0.15, 0.2) is 5.78 Å². The molecule has 2 rings (SSSR count). The van der Waals surface area contributed by atoms with Crippen LogP contribution in [0.2, 0.25) is 0 Å². The summed E-state index contributed by atoms with van der Waals surface area (Å²) in [6, 6.07) is 14.5. The molecule has 0 saturated heterocycles. The number of carbonyl (C=O) groups excluding carboxylic acids is 1. The first-order valence-electron chi connectivity index (χ1n) is 7.50. The van der Waals surface area contributed by atoms with E-state index in [2.05, 4.69) is 0 Å². The van der Waals surface area contributed by atoms with Crippen molar-refractivity contribution in [2.45, 2.75) is 27.3 Å². The predicted octanol–water partition coefficient (Wildman–Crippen LogP) is 3.55. The van der Waals surface area contributed by atoms with E-state index in [1.54, 1.807) is 31.2 Å². The van der Waals surface area contributed by atoms with Crippen molar-refractivity contribution in [1.29, 1.82) is 0 Å². The second kappa shape index (κ2) is 6.96. The average molecular weight is 331 g/mol. The van der Waals surface area contributed by atoms with Crippen molar-refractivity contribution in [3.8, 4) is 0 Å². The third-order valence-electron chi connectivity index (χ3n) is 3.67. The van der Waals surface area contributed by atoms with Crippen molar-refractivity contribution in [3.05, 3.63) is 65.2 Å². The van der Waals surface area contributed by atoms with Gasteiger partial charge in [-0.1, -0.05) is 29.8 Å². The van der Waals surface area contributed by atoms with E-state index in [-0.39, 0.29) is 18.1 Å². The molecule has 23 heavy (non-hydrogen) atoms. The Balaban J connectivity index is 2.40. The van der Waals surface area contributed by atoms with Crippen molar-refractivity contribution >= 4 is 21.5 Å². The molecule has 2 aromatic carbocycles. The van der Waals surface area contributed by atoms with E-state index in [1.165, 1.54) is 11.2 Å². The van der Waals surface area contributed by atoms with Gasteiger partial charge in [0.05, 0.1) is 18.0 Å². The standard InChI is InChI=1S/C18H21NO3S/c1-4-23(21,22)19(13-16-7-5-6-14(2)12-16)18-10-8-17(9-11-18)15(3)20/h5-12H,4,13H2,1-3H3. The zero-order valence-electron chi connectivity index (χ0n) is 13.6. The molecule has 2 aromatic rings. The van der Waals surface area contributed by atoms with E-state index in [4.69, 9.17) is 0 Å². The van der Waals surface area contributed by atoms with Crippen molar-refractivity contribution in [1.82, 2.24) is 0 Å². The Morgan fingerprint density at radius 2 is 1.74 bits per heavy atom. The van der Waals surface area contributed by atoms with Crippen LogP contribution in [0.4, 0.5) is 5.69 Å². The predicted molar refractivity (Wildman–Crippen MR) is 93.3 cm³/mol. The SMILES string of the molecule is CCS(=O)(=O)N(Cc1cccc(C)c1)c1ccc(C(C)=O)cc1. The van der Waals surface area contributed by atoms with Crippen molar-refractivity contribution in [2.75, 3.05) is 10.1 Å². The van der Waals surface area contributed by atoms with Crippen LogP contribution in [0.1, 0.15) is 35.3 Å². The summed E-state index contributed by atoms with van der Waals surface area (Å²) >= 11 is 0. The summed E-state index contributed by atoms with van der Waals surface area (Å²) in [5.74, 6) is -0.0204. The first-order valence-corrected chi connectivity index (χ1v) is 9.11. The molecule has 0 bridgehead atoms. The molecular formula is C18H21NO3S. The quantitative estimate of drug-likeness (QED) is 0.761. The first kappa shape index (κ1) is 17.2. The Morgan fingerprint density at radius 1 is 1.09 bits per heavy atom. The van der Waals surface area contributed by atoms with Gasteiger partial charge in [-0.15, -0.1) is 0 Å². The van der Waals surface area contributed by atoms with Gasteiger partial charge in [-0.05, 0) is 50.6 Å². The minimum Gasteiger partial charge on any atom is -0.295 e. The molecule has 0 heterocycles. The molecule has 0 aliphatic heterocycles. The highest BCUT2D eigenvalue weighted by molar-refractivity contribution is 7.92. The van der Waals surface area contributed by atoms with E-state index in [9.17, 15) is 13.2 Å². The van der Waals surface area contributed by atoms with Gasteiger partial charge >= 0.3 is 0 Å². The highest BCUT2D eigenvalue weighted by Crippen LogP contribution is 2.22. The molecule has 0 atom stereocenters. The summed E-state index contributed by atoms with van der Waals surface area (Å²) in [5.41, 5.74) is 3.15. The Bertz CT molecular complexity index is 795. The lowest BCUT2D eigenvalue weighted by atomic mass is 10.1. The van der Waals surface area contributed by atoms with Crippen molar-refractivity contribution in [2.24, 2.45) is 0 Å². The van der Waals surface area contributed by atoms with Crippen LogP contribution in [0, 0.1) is 6.92 Å². The van der Waals surface area contributed by atoms with E-state index in [1.807, 2.05) is 31.2 Å². The zero-order valence-corrected chi connectivity index (χ0v) is 14.4. The maximum Gasteiger partial charge on any atom is 0.235 e. The minimum atomic E-state index is -3.41. The summed E-state index contributed by atoms with van der Waals surface area (Å²) < 4.78 is 26.3. The number of ketones is 1. The third kappa shape index (κ3) is 4.20. The summed E-state index contributed by atoms with van der Waals surface area (Å²) in [4.78, 5) is 11.4. The fourth-order valence-electron chi connectivity index (χ4n) is 2.34. The van der Waals surface area contributed by atoms with E-state index >= 15 is 0 Å². The average Bonchev–Trinajstić information content (AvgIpc) is 2.52. The van der Waals surface area contributed by atoms with Gasteiger partial charge in [0.25, 0.3) is 0 Å². The molecule has 122 valence electrons. The maximum absolute atomic E-state index is 12.5. The van der Waals surface area contributed by atoms with Crippen LogP contribution in [0.3, 0.4) is 0 Å². The van der Waals surface area contributed by atoms with Gasteiger partial charge in [0.1, 0.15) is 0 Å². The molecular weight excluding hydrogens is 310 g/mol. The monoisotopic (exact) mass is 331 g/mol. The maximum atomic E-state index is 12.5. The molecule has 0 unspecified atom stereocenters. The van der Waals surface area contributed by atoms with Gasteiger partial charge in [-0.3, -0.25) is 9.10 Å².